The minimum atomic E-state index is -1.03. The normalized spacial score (nSPS) is 20.9. The van der Waals surface area contributed by atoms with Crippen LogP contribution in [0, 0.1) is 6.92 Å². The number of ether oxygens (including phenoxy) is 1. The summed E-state index contributed by atoms with van der Waals surface area (Å²) in [6.45, 7) is 8.76. The average Bonchev–Trinajstić information content (AvgIpc) is 3.40. The van der Waals surface area contributed by atoms with Gasteiger partial charge < -0.3 is 34.1 Å². The number of anilines is 1. The number of piperazine rings is 1. The average molecular weight is 674 g/mol. The second kappa shape index (κ2) is 14.2. The number of hydrogen-bond acceptors (Lipinski definition) is 8. The number of amides is 4. The van der Waals surface area contributed by atoms with Gasteiger partial charge in [0.25, 0.3) is 5.91 Å². The van der Waals surface area contributed by atoms with Gasteiger partial charge in [-0.3, -0.25) is 14.7 Å². The van der Waals surface area contributed by atoms with Crippen LogP contribution in [0.3, 0.4) is 0 Å². The number of carbonyl (C=O) groups is 3. The molecule has 13 heteroatoms. The topological polar surface area (TPSA) is 135 Å². The Kier molecular flexibility index (Phi) is 9.64. The highest BCUT2D eigenvalue weighted by molar-refractivity contribution is 5.91. The Bertz CT molecular complexity index is 1730. The number of H-pyrrole nitrogens is 1. The highest BCUT2D eigenvalue weighted by atomic mass is 16.6. The van der Waals surface area contributed by atoms with Crippen molar-refractivity contribution in [3.63, 3.8) is 0 Å². The van der Waals surface area contributed by atoms with E-state index in [9.17, 15) is 19.2 Å². The van der Waals surface area contributed by atoms with Crippen LogP contribution in [0.4, 0.5) is 15.3 Å². The molecule has 0 radical (unpaired) electrons. The number of benzene rings is 2. The molecule has 13 nitrogen and oxygen atoms in total. The lowest BCUT2D eigenvalue weighted by atomic mass is 9.99. The van der Waals surface area contributed by atoms with Gasteiger partial charge in [-0.05, 0) is 74.9 Å². The fourth-order valence-corrected chi connectivity index (χ4v) is 7.94. The van der Waals surface area contributed by atoms with Crippen LogP contribution in [0.2, 0.25) is 0 Å². The van der Waals surface area contributed by atoms with E-state index in [0.717, 1.165) is 67.8 Å². The van der Waals surface area contributed by atoms with Crippen LogP contribution >= 0.6 is 0 Å². The van der Waals surface area contributed by atoms with Crippen LogP contribution in [-0.2, 0) is 22.4 Å². The fraction of sp³-hybridized carbons (Fsp3) is 0.556. The molecule has 2 aromatic carbocycles. The highest BCUT2D eigenvalue weighted by Crippen LogP contribution is 2.26. The van der Waals surface area contributed by atoms with Crippen LogP contribution in [0.25, 0.3) is 11.1 Å². The summed E-state index contributed by atoms with van der Waals surface area (Å²) in [5, 5.41) is 3.04. The first kappa shape index (κ1) is 33.2. The molecule has 1 aromatic heterocycles. The summed E-state index contributed by atoms with van der Waals surface area (Å²) in [5.74, 6) is -0.739. The van der Waals surface area contributed by atoms with E-state index in [1.165, 1.54) is 0 Å². The second-order valence-corrected chi connectivity index (χ2v) is 14.0. The van der Waals surface area contributed by atoms with Gasteiger partial charge in [0.15, 0.2) is 11.7 Å². The van der Waals surface area contributed by atoms with Gasteiger partial charge in [0.2, 0.25) is 0 Å². The summed E-state index contributed by atoms with van der Waals surface area (Å²) in [7, 11) is 2.15. The molecule has 0 aliphatic carbocycles. The van der Waals surface area contributed by atoms with E-state index >= 15 is 0 Å². The molecule has 262 valence electrons. The Morgan fingerprint density at radius 3 is 2.35 bits per heavy atom. The molecule has 3 aromatic rings. The largest absolute Gasteiger partial charge is 0.436 e. The first-order valence-electron chi connectivity index (χ1n) is 17.7. The number of carbonyl (C=O) groups excluding carboxylic acids is 3. The first-order valence-corrected chi connectivity index (χ1v) is 17.7. The van der Waals surface area contributed by atoms with Crippen LogP contribution in [0.15, 0.2) is 45.6 Å². The number of urea groups is 1. The summed E-state index contributed by atoms with van der Waals surface area (Å²) >= 11 is 0. The number of likely N-dealkylation sites (tertiary alicyclic amines) is 2. The van der Waals surface area contributed by atoms with Crippen molar-refractivity contribution in [3.05, 3.63) is 63.6 Å². The standard InChI is InChI=1S/C36H47N7O6/c1-24-21-25(22-30-32(24)38-35(46)48-30)23-31(33(44)41-12-8-27(9-13-41)40-19-17-39(2)18-20-40)49-36(47)42-14-10-28(11-15-42)43-16-7-26-5-3-4-6-29(26)37-34(43)45/h3-6,21-22,27-28,31H,7-20,23H2,1-2H3,(H,37,45)(H,38,46)/t31-/m1/s1. The number of aromatic nitrogens is 1. The maximum absolute atomic E-state index is 14.1. The third-order valence-electron chi connectivity index (χ3n) is 10.9. The molecule has 3 fully saturated rings. The van der Waals surface area contributed by atoms with E-state index in [1.54, 1.807) is 11.0 Å². The van der Waals surface area contributed by atoms with Gasteiger partial charge in [-0.2, -0.15) is 0 Å². The minimum absolute atomic E-state index is 0.00287. The number of nitrogens with one attached hydrogen (secondary N) is 2. The monoisotopic (exact) mass is 673 g/mol. The molecule has 7 rings (SSSR count). The molecule has 4 amide bonds. The van der Waals surface area contributed by atoms with Crippen LogP contribution < -0.4 is 11.1 Å². The number of nitrogens with zero attached hydrogens (tertiary/aromatic N) is 5. The lowest BCUT2D eigenvalue weighted by molar-refractivity contribution is -0.142. The van der Waals surface area contributed by atoms with E-state index in [1.807, 2.05) is 47.1 Å². The first-order chi connectivity index (χ1) is 23.7. The number of aromatic amines is 1. The Morgan fingerprint density at radius 2 is 1.59 bits per heavy atom. The Morgan fingerprint density at radius 1 is 0.898 bits per heavy atom. The third-order valence-corrected chi connectivity index (χ3v) is 10.9. The highest BCUT2D eigenvalue weighted by Gasteiger charge is 2.36. The van der Waals surface area contributed by atoms with Gasteiger partial charge in [-0.15, -0.1) is 0 Å². The third kappa shape index (κ3) is 7.32. The van der Waals surface area contributed by atoms with Gasteiger partial charge >= 0.3 is 17.9 Å². The summed E-state index contributed by atoms with van der Waals surface area (Å²) in [4.78, 5) is 65.7. The molecule has 3 saturated heterocycles. The molecule has 5 heterocycles. The zero-order valence-corrected chi connectivity index (χ0v) is 28.5. The van der Waals surface area contributed by atoms with Crippen molar-refractivity contribution in [2.45, 2.75) is 63.6 Å². The molecule has 1 atom stereocenters. The molecular formula is C36H47N7O6. The number of hydrogen-bond donors (Lipinski definition) is 2. The number of rotatable bonds is 6. The number of fused-ring (bicyclic) bond motifs is 2. The van der Waals surface area contributed by atoms with Crippen molar-refractivity contribution in [3.8, 4) is 0 Å². The van der Waals surface area contributed by atoms with Gasteiger partial charge in [0.05, 0.1) is 5.52 Å². The molecule has 0 spiro atoms. The van der Waals surface area contributed by atoms with Crippen molar-refractivity contribution in [1.82, 2.24) is 29.5 Å². The van der Waals surface area contributed by atoms with Crippen molar-refractivity contribution in [1.29, 1.82) is 0 Å². The van der Waals surface area contributed by atoms with Crippen LogP contribution in [-0.4, -0.2) is 132 Å². The van der Waals surface area contributed by atoms with Crippen molar-refractivity contribution >= 4 is 34.8 Å². The second-order valence-electron chi connectivity index (χ2n) is 14.0. The lowest BCUT2D eigenvalue weighted by Crippen LogP contribution is -2.54. The molecule has 0 bridgehead atoms. The molecule has 49 heavy (non-hydrogen) atoms. The number of para-hydroxylation sites is 1. The molecule has 4 aliphatic rings. The molecule has 0 saturated carbocycles. The molecular weight excluding hydrogens is 626 g/mol. The maximum atomic E-state index is 14.1. The Hall–Kier alpha value is -4.36. The smallest absolute Gasteiger partial charge is 0.417 e. The predicted molar refractivity (Wildman–Crippen MR) is 185 cm³/mol. The Balaban J connectivity index is 1.01. The predicted octanol–water partition coefficient (Wildman–Crippen LogP) is 3.27. The number of piperidine rings is 2. The summed E-state index contributed by atoms with van der Waals surface area (Å²) < 4.78 is 11.4. The zero-order chi connectivity index (χ0) is 34.1. The van der Waals surface area contributed by atoms with E-state index in [4.69, 9.17) is 9.15 Å². The van der Waals surface area contributed by atoms with Gasteiger partial charge in [-0.1, -0.05) is 24.3 Å². The number of aryl methyl sites for hydroxylation is 1. The van der Waals surface area contributed by atoms with Crippen molar-refractivity contribution in [2.75, 3.05) is 71.3 Å². The van der Waals surface area contributed by atoms with E-state index < -0.39 is 18.0 Å². The maximum Gasteiger partial charge on any atom is 0.417 e. The van der Waals surface area contributed by atoms with E-state index in [0.29, 0.717) is 62.7 Å². The fourth-order valence-electron chi connectivity index (χ4n) is 7.94. The van der Waals surface area contributed by atoms with E-state index in [2.05, 4.69) is 27.1 Å². The van der Waals surface area contributed by atoms with Gasteiger partial charge in [-0.25, -0.2) is 14.4 Å². The lowest BCUT2D eigenvalue weighted by Gasteiger charge is -2.42. The quantitative estimate of drug-likeness (QED) is 0.408. The summed E-state index contributed by atoms with van der Waals surface area (Å²) in [5.41, 5.74) is 4.55. The van der Waals surface area contributed by atoms with E-state index in [-0.39, 0.29) is 24.4 Å². The number of likely N-dealkylation sites (N-methyl/N-ethyl adjacent to an activating group) is 1. The van der Waals surface area contributed by atoms with Crippen LogP contribution in [0.1, 0.15) is 42.4 Å². The van der Waals surface area contributed by atoms with Gasteiger partial charge in [0.1, 0.15) is 0 Å². The summed E-state index contributed by atoms with van der Waals surface area (Å²) in [6.07, 6.45) is 2.41. The number of oxazole rings is 1. The Labute approximate surface area is 286 Å². The van der Waals surface area contributed by atoms with Crippen molar-refractivity contribution in [2.24, 2.45) is 0 Å². The summed E-state index contributed by atoms with van der Waals surface area (Å²) in [6, 6.07) is 11.8. The molecule has 2 N–H and O–H groups in total. The van der Waals surface area contributed by atoms with Gasteiger partial charge in [0, 0.05) is 83.1 Å². The SMILES string of the molecule is Cc1cc(C[C@@H](OC(=O)N2CCC(N3CCc4ccccc4NC3=O)CC2)C(=O)N2CCC(N3CCN(C)CC3)CC2)cc2oc(=O)[nH]c12. The van der Waals surface area contributed by atoms with Crippen molar-refractivity contribution < 1.29 is 23.5 Å². The minimum Gasteiger partial charge on any atom is -0.436 e. The molecule has 4 aliphatic heterocycles. The molecule has 0 unspecified atom stereocenters. The zero-order valence-electron chi connectivity index (χ0n) is 28.5. The van der Waals surface area contributed by atoms with Crippen LogP contribution in [0.5, 0.6) is 0 Å².